The van der Waals surface area contributed by atoms with Crippen LogP contribution in [-0.4, -0.2) is 47.4 Å². The minimum absolute atomic E-state index is 0.150. The highest BCUT2D eigenvalue weighted by Crippen LogP contribution is 2.31. The van der Waals surface area contributed by atoms with E-state index >= 15 is 0 Å². The molecule has 1 aliphatic rings. The van der Waals surface area contributed by atoms with Gasteiger partial charge < -0.3 is 15.5 Å². The molecule has 1 fully saturated rings. The van der Waals surface area contributed by atoms with Crippen LogP contribution in [0.15, 0.2) is 24.3 Å². The molecule has 1 aliphatic heterocycles. The van der Waals surface area contributed by atoms with E-state index in [9.17, 15) is 10.2 Å². The third-order valence-electron chi connectivity index (χ3n) is 4.13. The van der Waals surface area contributed by atoms with E-state index in [1.807, 2.05) is 18.2 Å². The number of phenols is 1. The monoisotopic (exact) mass is 278 g/mol. The Balaban J connectivity index is 2.13. The van der Waals surface area contributed by atoms with E-state index in [1.165, 1.54) is 12.8 Å². The predicted octanol–water partition coefficient (Wildman–Crippen LogP) is 1.89. The SMILES string of the molecule is CCC(c1ccccc1O)N(CCO)CC1CCCN1. The van der Waals surface area contributed by atoms with Crippen LogP contribution in [-0.2, 0) is 0 Å². The lowest BCUT2D eigenvalue weighted by Gasteiger charge is -2.33. The van der Waals surface area contributed by atoms with Crippen LogP contribution in [0.5, 0.6) is 5.75 Å². The quantitative estimate of drug-likeness (QED) is 0.713. The van der Waals surface area contributed by atoms with Crippen molar-refractivity contribution < 1.29 is 10.2 Å². The number of nitrogens with one attached hydrogen (secondary N) is 1. The van der Waals surface area contributed by atoms with Crippen molar-refractivity contribution in [3.63, 3.8) is 0 Å². The Morgan fingerprint density at radius 2 is 2.20 bits per heavy atom. The van der Waals surface area contributed by atoms with Crippen molar-refractivity contribution in [2.24, 2.45) is 0 Å². The van der Waals surface area contributed by atoms with Crippen LogP contribution in [0.1, 0.15) is 37.8 Å². The molecule has 2 atom stereocenters. The molecule has 3 N–H and O–H groups in total. The molecule has 0 aliphatic carbocycles. The van der Waals surface area contributed by atoms with Crippen molar-refractivity contribution in [3.05, 3.63) is 29.8 Å². The van der Waals surface area contributed by atoms with Crippen molar-refractivity contribution in [1.29, 1.82) is 0 Å². The standard InChI is InChI=1S/C16H26N2O2/c1-2-15(14-7-3-4-8-16(14)20)18(10-11-19)12-13-6-5-9-17-13/h3-4,7-8,13,15,17,19-20H,2,5-6,9-12H2,1H3. The number of benzene rings is 1. The number of hydrogen-bond acceptors (Lipinski definition) is 4. The number of hydrogen-bond donors (Lipinski definition) is 3. The van der Waals surface area contributed by atoms with Crippen molar-refractivity contribution in [1.82, 2.24) is 10.2 Å². The molecule has 1 saturated heterocycles. The molecule has 0 bridgehead atoms. The normalized spacial score (nSPS) is 20.4. The Hall–Kier alpha value is -1.10. The van der Waals surface area contributed by atoms with E-state index in [0.29, 0.717) is 18.3 Å². The third kappa shape index (κ3) is 3.72. The molecule has 4 nitrogen and oxygen atoms in total. The Labute approximate surface area is 121 Å². The third-order valence-corrected chi connectivity index (χ3v) is 4.13. The van der Waals surface area contributed by atoms with Crippen molar-refractivity contribution in [2.75, 3.05) is 26.2 Å². The van der Waals surface area contributed by atoms with Crippen molar-refractivity contribution in [3.8, 4) is 5.75 Å². The second-order valence-corrected chi connectivity index (χ2v) is 5.49. The highest BCUT2D eigenvalue weighted by atomic mass is 16.3. The lowest BCUT2D eigenvalue weighted by Crippen LogP contribution is -2.41. The molecular weight excluding hydrogens is 252 g/mol. The van der Waals surface area contributed by atoms with E-state index < -0.39 is 0 Å². The van der Waals surface area contributed by atoms with Gasteiger partial charge in [0.1, 0.15) is 5.75 Å². The molecule has 112 valence electrons. The summed E-state index contributed by atoms with van der Waals surface area (Å²) in [4.78, 5) is 2.29. The summed E-state index contributed by atoms with van der Waals surface area (Å²) < 4.78 is 0. The first-order valence-electron chi connectivity index (χ1n) is 7.62. The van der Waals surface area contributed by atoms with Gasteiger partial charge in [-0.25, -0.2) is 0 Å². The first kappa shape index (κ1) is 15.3. The summed E-state index contributed by atoms with van der Waals surface area (Å²) in [6.45, 7) is 4.93. The fourth-order valence-corrected chi connectivity index (χ4v) is 3.14. The average molecular weight is 278 g/mol. The van der Waals surface area contributed by atoms with Gasteiger partial charge in [-0.1, -0.05) is 25.1 Å². The van der Waals surface area contributed by atoms with E-state index in [0.717, 1.165) is 25.1 Å². The van der Waals surface area contributed by atoms with Gasteiger partial charge in [-0.3, -0.25) is 4.90 Å². The van der Waals surface area contributed by atoms with Crippen LogP contribution in [0.2, 0.25) is 0 Å². The number of phenolic OH excluding ortho intramolecular Hbond substituents is 1. The lowest BCUT2D eigenvalue weighted by molar-refractivity contribution is 0.134. The highest BCUT2D eigenvalue weighted by Gasteiger charge is 2.25. The minimum Gasteiger partial charge on any atom is -0.508 e. The molecule has 1 aromatic rings. The van der Waals surface area contributed by atoms with E-state index in [2.05, 4.69) is 17.1 Å². The second kappa shape index (κ2) is 7.62. The molecule has 4 heteroatoms. The molecule has 1 aromatic carbocycles. The van der Waals surface area contributed by atoms with Crippen molar-refractivity contribution >= 4 is 0 Å². The van der Waals surface area contributed by atoms with E-state index in [-0.39, 0.29) is 12.6 Å². The first-order chi connectivity index (χ1) is 9.76. The second-order valence-electron chi connectivity index (χ2n) is 5.49. The molecule has 0 amide bonds. The Morgan fingerprint density at radius 3 is 2.80 bits per heavy atom. The van der Waals surface area contributed by atoms with Crippen molar-refractivity contribution in [2.45, 2.75) is 38.3 Å². The maximum absolute atomic E-state index is 10.1. The molecule has 2 unspecified atom stereocenters. The largest absolute Gasteiger partial charge is 0.508 e. The molecule has 0 saturated carbocycles. The summed E-state index contributed by atoms with van der Waals surface area (Å²) in [6, 6.07) is 8.19. The summed E-state index contributed by atoms with van der Waals surface area (Å²) in [5.74, 6) is 0.349. The lowest BCUT2D eigenvalue weighted by atomic mass is 10.0. The summed E-state index contributed by atoms with van der Waals surface area (Å²) in [7, 11) is 0. The summed E-state index contributed by atoms with van der Waals surface area (Å²) in [6.07, 6.45) is 3.34. The predicted molar refractivity (Wildman–Crippen MR) is 80.8 cm³/mol. The van der Waals surface area contributed by atoms with Gasteiger partial charge in [-0.15, -0.1) is 0 Å². The van der Waals surface area contributed by atoms with Crippen LogP contribution in [0.25, 0.3) is 0 Å². The smallest absolute Gasteiger partial charge is 0.120 e. The number of aliphatic hydroxyl groups excluding tert-OH is 1. The molecule has 0 aromatic heterocycles. The number of rotatable bonds is 7. The molecule has 0 radical (unpaired) electrons. The minimum atomic E-state index is 0.150. The van der Waals surface area contributed by atoms with Crippen LogP contribution in [0, 0.1) is 0 Å². The summed E-state index contributed by atoms with van der Waals surface area (Å²) in [5, 5.41) is 22.9. The summed E-state index contributed by atoms with van der Waals surface area (Å²) >= 11 is 0. The Bertz CT molecular complexity index is 405. The molecular formula is C16H26N2O2. The Morgan fingerprint density at radius 1 is 1.40 bits per heavy atom. The fraction of sp³-hybridized carbons (Fsp3) is 0.625. The average Bonchev–Trinajstić information content (AvgIpc) is 2.95. The fourth-order valence-electron chi connectivity index (χ4n) is 3.14. The topological polar surface area (TPSA) is 55.7 Å². The molecule has 2 rings (SSSR count). The van der Waals surface area contributed by atoms with Gasteiger partial charge in [-0.2, -0.15) is 0 Å². The van der Waals surface area contributed by atoms with Gasteiger partial charge in [0.25, 0.3) is 0 Å². The maximum atomic E-state index is 10.1. The van der Waals surface area contributed by atoms with Crippen LogP contribution in [0.4, 0.5) is 0 Å². The number of para-hydroxylation sites is 1. The van der Waals surface area contributed by atoms with E-state index in [4.69, 9.17) is 0 Å². The molecule has 20 heavy (non-hydrogen) atoms. The van der Waals surface area contributed by atoms with Gasteiger partial charge in [0.15, 0.2) is 0 Å². The molecule has 1 heterocycles. The van der Waals surface area contributed by atoms with Crippen LogP contribution < -0.4 is 5.32 Å². The van der Waals surface area contributed by atoms with E-state index in [1.54, 1.807) is 6.07 Å². The van der Waals surface area contributed by atoms with Gasteiger partial charge in [-0.05, 0) is 31.9 Å². The van der Waals surface area contributed by atoms with Crippen LogP contribution in [0.3, 0.4) is 0 Å². The highest BCUT2D eigenvalue weighted by molar-refractivity contribution is 5.34. The van der Waals surface area contributed by atoms with Gasteiger partial charge in [0, 0.05) is 30.7 Å². The maximum Gasteiger partial charge on any atom is 0.120 e. The number of nitrogens with zero attached hydrogens (tertiary/aromatic N) is 1. The van der Waals surface area contributed by atoms with Gasteiger partial charge in [0.2, 0.25) is 0 Å². The van der Waals surface area contributed by atoms with Gasteiger partial charge >= 0.3 is 0 Å². The molecule has 0 spiro atoms. The first-order valence-corrected chi connectivity index (χ1v) is 7.62. The number of aliphatic hydroxyl groups is 1. The summed E-state index contributed by atoms with van der Waals surface area (Å²) in [5.41, 5.74) is 0.960. The van der Waals surface area contributed by atoms with Crippen LogP contribution >= 0.6 is 0 Å². The zero-order valence-corrected chi connectivity index (χ0v) is 12.3. The zero-order valence-electron chi connectivity index (χ0n) is 12.3. The Kier molecular flexibility index (Phi) is 5.83. The zero-order chi connectivity index (χ0) is 14.4. The van der Waals surface area contributed by atoms with Gasteiger partial charge in [0.05, 0.1) is 6.61 Å². The number of aromatic hydroxyl groups is 1.